The Morgan fingerprint density at radius 2 is 2.06 bits per heavy atom. The van der Waals surface area contributed by atoms with Gasteiger partial charge in [0.25, 0.3) is 0 Å². The molecule has 4 nitrogen and oxygen atoms in total. The first kappa shape index (κ1) is 12.2. The molecule has 0 aromatic heterocycles. The fourth-order valence-corrected chi connectivity index (χ4v) is 1.11. The van der Waals surface area contributed by atoms with Crippen LogP contribution in [0.1, 0.15) is 24.2 Å². The fourth-order valence-electron chi connectivity index (χ4n) is 1.11. The van der Waals surface area contributed by atoms with Crippen LogP contribution >= 0.6 is 0 Å². The Kier molecular flexibility index (Phi) is 4.51. The van der Waals surface area contributed by atoms with Gasteiger partial charge in [0.1, 0.15) is 12.4 Å². The van der Waals surface area contributed by atoms with E-state index in [1.165, 1.54) is 6.92 Å². The first-order valence-electron chi connectivity index (χ1n) is 5.03. The lowest BCUT2D eigenvalue weighted by Crippen LogP contribution is -2.08. The molecule has 0 aliphatic rings. The molecule has 0 radical (unpaired) electrons. The van der Waals surface area contributed by atoms with Crippen molar-refractivity contribution in [3.8, 4) is 5.75 Å². The number of hydrogen-bond donors (Lipinski definition) is 0. The zero-order chi connectivity index (χ0) is 12.0. The number of hydrogen-bond acceptors (Lipinski definition) is 4. The van der Waals surface area contributed by atoms with Crippen LogP contribution in [0.2, 0.25) is 0 Å². The van der Waals surface area contributed by atoms with Crippen molar-refractivity contribution < 1.29 is 19.1 Å². The fraction of sp³-hybridized carbons (Fsp3) is 0.333. The van der Waals surface area contributed by atoms with Gasteiger partial charge in [-0.3, -0.25) is 4.79 Å². The second-order valence-electron chi connectivity index (χ2n) is 3.24. The van der Waals surface area contributed by atoms with Crippen LogP contribution in [0, 0.1) is 0 Å². The van der Waals surface area contributed by atoms with Gasteiger partial charge in [0.05, 0.1) is 12.2 Å². The molecule has 1 rings (SSSR count). The molecule has 86 valence electrons. The molecule has 0 amide bonds. The second kappa shape index (κ2) is 5.90. The van der Waals surface area contributed by atoms with E-state index in [9.17, 15) is 9.59 Å². The summed E-state index contributed by atoms with van der Waals surface area (Å²) in [5.74, 6) is 0.0260. The number of carbonyl (C=O) groups excluding carboxylic acids is 2. The van der Waals surface area contributed by atoms with Gasteiger partial charge in [-0.2, -0.15) is 0 Å². The summed E-state index contributed by atoms with van der Waals surface area (Å²) in [6, 6.07) is 6.56. The average Bonchev–Trinajstić information content (AvgIpc) is 2.27. The van der Waals surface area contributed by atoms with Crippen LogP contribution in [-0.2, 0) is 9.53 Å². The number of ether oxygens (including phenoxy) is 2. The number of rotatable bonds is 5. The number of carbonyl (C=O) groups is 2. The highest BCUT2D eigenvalue weighted by Crippen LogP contribution is 2.14. The Labute approximate surface area is 94.2 Å². The minimum atomic E-state index is -0.393. The van der Waals surface area contributed by atoms with Crippen LogP contribution in [0.3, 0.4) is 0 Å². The highest BCUT2D eigenvalue weighted by atomic mass is 16.5. The van der Waals surface area contributed by atoms with Crippen LogP contribution in [0.15, 0.2) is 24.3 Å². The average molecular weight is 222 g/mol. The van der Waals surface area contributed by atoms with Crippen LogP contribution in [0.4, 0.5) is 0 Å². The van der Waals surface area contributed by atoms with Gasteiger partial charge in [-0.25, -0.2) is 4.79 Å². The summed E-state index contributed by atoms with van der Waals surface area (Å²) < 4.78 is 10.0. The molecule has 0 bridgehead atoms. The molecular weight excluding hydrogens is 208 g/mol. The van der Waals surface area contributed by atoms with E-state index in [0.717, 1.165) is 0 Å². The van der Waals surface area contributed by atoms with E-state index in [2.05, 4.69) is 0 Å². The molecular formula is C12H14O4. The highest BCUT2D eigenvalue weighted by molar-refractivity contribution is 5.89. The van der Waals surface area contributed by atoms with Crippen molar-refractivity contribution >= 4 is 11.8 Å². The van der Waals surface area contributed by atoms with E-state index >= 15 is 0 Å². The molecule has 16 heavy (non-hydrogen) atoms. The van der Waals surface area contributed by atoms with Crippen LogP contribution < -0.4 is 4.74 Å². The summed E-state index contributed by atoms with van der Waals surface area (Å²) in [5.41, 5.74) is 0.419. The quantitative estimate of drug-likeness (QED) is 0.713. The largest absolute Gasteiger partial charge is 0.486 e. The molecule has 0 saturated carbocycles. The number of esters is 1. The molecule has 0 aliphatic carbocycles. The topological polar surface area (TPSA) is 52.6 Å². The van der Waals surface area contributed by atoms with Crippen molar-refractivity contribution in [2.75, 3.05) is 13.2 Å². The van der Waals surface area contributed by atoms with Crippen molar-refractivity contribution in [3.05, 3.63) is 29.8 Å². The van der Waals surface area contributed by atoms with Crippen LogP contribution in [0.5, 0.6) is 5.75 Å². The molecule has 0 spiro atoms. The summed E-state index contributed by atoms with van der Waals surface area (Å²) in [6.45, 7) is 3.52. The lowest BCUT2D eigenvalue weighted by Gasteiger charge is -2.06. The summed E-state index contributed by atoms with van der Waals surface area (Å²) >= 11 is 0. The second-order valence-corrected chi connectivity index (χ2v) is 3.24. The van der Waals surface area contributed by atoms with Gasteiger partial charge in [0, 0.05) is 0 Å². The standard InChI is InChI=1S/C12H14O4/c1-3-15-12(14)10-5-4-6-11(7-10)16-8-9(2)13/h4-7H,3,8H2,1-2H3. The Hall–Kier alpha value is -1.84. The van der Waals surface area contributed by atoms with Gasteiger partial charge >= 0.3 is 5.97 Å². The van der Waals surface area contributed by atoms with Crippen molar-refractivity contribution in [1.29, 1.82) is 0 Å². The molecule has 1 aromatic carbocycles. The lowest BCUT2D eigenvalue weighted by molar-refractivity contribution is -0.118. The number of benzene rings is 1. The molecule has 4 heteroatoms. The monoisotopic (exact) mass is 222 g/mol. The van der Waals surface area contributed by atoms with Gasteiger partial charge < -0.3 is 9.47 Å². The van der Waals surface area contributed by atoms with E-state index in [1.54, 1.807) is 31.2 Å². The van der Waals surface area contributed by atoms with Crippen molar-refractivity contribution in [1.82, 2.24) is 0 Å². The minimum absolute atomic E-state index is 0.00623. The molecule has 0 N–H and O–H groups in total. The number of ketones is 1. The van der Waals surface area contributed by atoms with Crippen LogP contribution in [0.25, 0.3) is 0 Å². The van der Waals surface area contributed by atoms with Crippen LogP contribution in [-0.4, -0.2) is 25.0 Å². The maximum absolute atomic E-state index is 11.4. The van der Waals surface area contributed by atoms with Crippen molar-refractivity contribution in [3.63, 3.8) is 0 Å². The summed E-state index contributed by atoms with van der Waals surface area (Å²) in [7, 11) is 0. The molecule has 0 atom stereocenters. The van der Waals surface area contributed by atoms with E-state index < -0.39 is 5.97 Å². The first-order valence-corrected chi connectivity index (χ1v) is 5.03. The predicted molar refractivity (Wildman–Crippen MR) is 58.6 cm³/mol. The molecule has 0 unspecified atom stereocenters. The minimum Gasteiger partial charge on any atom is -0.486 e. The lowest BCUT2D eigenvalue weighted by atomic mass is 10.2. The van der Waals surface area contributed by atoms with Gasteiger partial charge in [0.2, 0.25) is 0 Å². The van der Waals surface area contributed by atoms with Crippen molar-refractivity contribution in [2.45, 2.75) is 13.8 Å². The van der Waals surface area contributed by atoms with Crippen molar-refractivity contribution in [2.24, 2.45) is 0 Å². The molecule has 0 aliphatic heterocycles. The molecule has 0 saturated heterocycles. The van der Waals surface area contributed by atoms with E-state index in [1.807, 2.05) is 0 Å². The van der Waals surface area contributed by atoms with Gasteiger partial charge in [-0.15, -0.1) is 0 Å². The summed E-state index contributed by atoms with van der Waals surface area (Å²) in [4.78, 5) is 22.1. The summed E-state index contributed by atoms with van der Waals surface area (Å²) in [6.07, 6.45) is 0. The third-order valence-electron chi connectivity index (χ3n) is 1.79. The SMILES string of the molecule is CCOC(=O)c1cccc(OCC(C)=O)c1. The van der Waals surface area contributed by atoms with Gasteiger partial charge in [0.15, 0.2) is 5.78 Å². The normalized spacial score (nSPS) is 9.62. The zero-order valence-corrected chi connectivity index (χ0v) is 9.36. The molecule has 0 fully saturated rings. The predicted octanol–water partition coefficient (Wildman–Crippen LogP) is 1.83. The first-order chi connectivity index (χ1) is 7.63. The Morgan fingerprint density at radius 3 is 2.69 bits per heavy atom. The van der Waals surface area contributed by atoms with Gasteiger partial charge in [-0.05, 0) is 32.0 Å². The molecule has 0 heterocycles. The summed E-state index contributed by atoms with van der Waals surface area (Å²) in [5, 5.41) is 0. The van der Waals surface area contributed by atoms with E-state index in [4.69, 9.17) is 9.47 Å². The number of Topliss-reactive ketones (excluding diaryl/α,β-unsaturated/α-hetero) is 1. The smallest absolute Gasteiger partial charge is 0.338 e. The van der Waals surface area contributed by atoms with E-state index in [0.29, 0.717) is 17.9 Å². The Balaban J connectivity index is 2.70. The third-order valence-corrected chi connectivity index (χ3v) is 1.79. The zero-order valence-electron chi connectivity index (χ0n) is 9.36. The highest BCUT2D eigenvalue weighted by Gasteiger charge is 2.07. The van der Waals surface area contributed by atoms with E-state index in [-0.39, 0.29) is 12.4 Å². The Morgan fingerprint density at radius 1 is 1.31 bits per heavy atom. The molecule has 1 aromatic rings. The van der Waals surface area contributed by atoms with Gasteiger partial charge in [-0.1, -0.05) is 6.07 Å². The maximum atomic E-state index is 11.4. The Bertz CT molecular complexity index is 384. The maximum Gasteiger partial charge on any atom is 0.338 e. The third kappa shape index (κ3) is 3.73.